The van der Waals surface area contributed by atoms with Crippen LogP contribution in [0.3, 0.4) is 0 Å². The Morgan fingerprint density at radius 3 is 2.44 bits per heavy atom. The van der Waals surface area contributed by atoms with Crippen molar-refractivity contribution in [3.05, 3.63) is 101 Å². The van der Waals surface area contributed by atoms with Crippen LogP contribution in [0.5, 0.6) is 0 Å². The van der Waals surface area contributed by atoms with Crippen LogP contribution >= 0.6 is 0 Å². The lowest BCUT2D eigenvalue weighted by Gasteiger charge is -2.44. The first-order chi connectivity index (χ1) is 17.5. The smallest absolute Gasteiger partial charge is 0.407 e. The van der Waals surface area contributed by atoms with Gasteiger partial charge in [-0.2, -0.15) is 0 Å². The molecule has 1 fully saturated rings. The molecule has 0 saturated carbocycles. The number of benzene rings is 2. The molecule has 1 aliphatic rings. The minimum Gasteiger partial charge on any atom is -0.465 e. The summed E-state index contributed by atoms with van der Waals surface area (Å²) >= 11 is 0. The number of aromatic nitrogens is 3. The fourth-order valence-corrected chi connectivity index (χ4v) is 5.47. The lowest BCUT2D eigenvalue weighted by Crippen LogP contribution is -2.55. The van der Waals surface area contributed by atoms with E-state index in [0.29, 0.717) is 32.5 Å². The second-order valence-electron chi connectivity index (χ2n) is 9.53. The molecule has 36 heavy (non-hydrogen) atoms. The number of hydrogen-bond donors (Lipinski definition) is 2. The van der Waals surface area contributed by atoms with Crippen LogP contribution in [0.2, 0.25) is 0 Å². The zero-order valence-corrected chi connectivity index (χ0v) is 20.3. The molecule has 1 amide bonds. The normalized spacial score (nSPS) is 19.0. The minimum atomic E-state index is -0.917. The van der Waals surface area contributed by atoms with Gasteiger partial charge in [0.25, 0.3) is 0 Å². The number of rotatable bonds is 7. The van der Waals surface area contributed by atoms with Crippen molar-refractivity contribution in [2.75, 3.05) is 6.54 Å². The Balaban J connectivity index is 1.47. The quantitative estimate of drug-likeness (QED) is 0.402. The number of fused-ring (bicyclic) bond motifs is 1. The SMILES string of the molecule is CC(C1CC(n2c(=O)[nH]c3ccccc32)CCN1C(=O)O)N(Cc1ccccc1)Cc1ccncc1. The van der Waals surface area contributed by atoms with Gasteiger partial charge in [-0.05, 0) is 55.2 Å². The van der Waals surface area contributed by atoms with Gasteiger partial charge in [0.05, 0.1) is 17.1 Å². The molecule has 3 atom stereocenters. The topological polar surface area (TPSA) is 94.5 Å². The first kappa shape index (κ1) is 23.8. The van der Waals surface area contributed by atoms with Gasteiger partial charge in [0.15, 0.2) is 0 Å². The van der Waals surface area contributed by atoms with Crippen molar-refractivity contribution in [1.82, 2.24) is 24.3 Å². The van der Waals surface area contributed by atoms with Gasteiger partial charge in [-0.3, -0.25) is 14.5 Å². The molecule has 0 aliphatic carbocycles. The summed E-state index contributed by atoms with van der Waals surface area (Å²) in [7, 11) is 0. The molecular formula is C28H31N5O3. The lowest BCUT2D eigenvalue weighted by atomic mass is 9.91. The summed E-state index contributed by atoms with van der Waals surface area (Å²) in [5.41, 5.74) is 3.81. The molecule has 0 bridgehead atoms. The number of piperidine rings is 1. The summed E-state index contributed by atoms with van der Waals surface area (Å²) in [6.07, 6.45) is 3.81. The van der Waals surface area contributed by atoms with Crippen LogP contribution in [0.4, 0.5) is 4.79 Å². The van der Waals surface area contributed by atoms with Gasteiger partial charge in [-0.1, -0.05) is 42.5 Å². The molecular weight excluding hydrogens is 454 g/mol. The molecule has 3 unspecified atom stereocenters. The van der Waals surface area contributed by atoms with Gasteiger partial charge in [-0.15, -0.1) is 0 Å². The van der Waals surface area contributed by atoms with Gasteiger partial charge in [0.2, 0.25) is 0 Å². The van der Waals surface area contributed by atoms with Crippen LogP contribution in [0.1, 0.15) is 36.9 Å². The number of H-pyrrole nitrogens is 1. The molecule has 2 aromatic carbocycles. The van der Waals surface area contributed by atoms with Crippen molar-refractivity contribution >= 4 is 17.1 Å². The Labute approximate surface area is 209 Å². The maximum atomic E-state index is 12.9. The summed E-state index contributed by atoms with van der Waals surface area (Å²) in [5, 5.41) is 10.1. The molecule has 8 heteroatoms. The summed E-state index contributed by atoms with van der Waals surface area (Å²) in [5.74, 6) is 0. The van der Waals surface area contributed by atoms with E-state index in [1.165, 1.54) is 5.56 Å². The first-order valence-electron chi connectivity index (χ1n) is 12.4. The Bertz CT molecular complexity index is 1330. The van der Waals surface area contributed by atoms with Gasteiger partial charge >= 0.3 is 11.8 Å². The molecule has 186 valence electrons. The number of pyridine rings is 1. The molecule has 0 spiro atoms. The highest BCUT2D eigenvalue weighted by Crippen LogP contribution is 2.32. The molecule has 5 rings (SSSR count). The molecule has 1 saturated heterocycles. The number of carboxylic acid groups (broad SMARTS) is 1. The Kier molecular flexibility index (Phi) is 6.86. The maximum absolute atomic E-state index is 12.9. The van der Waals surface area contributed by atoms with Crippen molar-refractivity contribution in [2.45, 2.75) is 51.0 Å². The zero-order valence-electron chi connectivity index (χ0n) is 20.3. The van der Waals surface area contributed by atoms with E-state index in [1.54, 1.807) is 17.3 Å². The van der Waals surface area contributed by atoms with E-state index in [1.807, 2.05) is 59.2 Å². The number of imidazole rings is 1. The van der Waals surface area contributed by atoms with Crippen LogP contribution in [0.25, 0.3) is 11.0 Å². The van der Waals surface area contributed by atoms with Crippen molar-refractivity contribution in [1.29, 1.82) is 0 Å². The predicted octanol–water partition coefficient (Wildman–Crippen LogP) is 4.50. The van der Waals surface area contributed by atoms with Crippen molar-refractivity contribution in [2.24, 2.45) is 0 Å². The van der Waals surface area contributed by atoms with E-state index in [0.717, 1.165) is 16.6 Å². The lowest BCUT2D eigenvalue weighted by molar-refractivity contribution is 0.0374. The number of aromatic amines is 1. The average molecular weight is 486 g/mol. The number of para-hydroxylation sites is 2. The number of nitrogens with zero attached hydrogens (tertiary/aromatic N) is 4. The third-order valence-corrected chi connectivity index (χ3v) is 7.35. The fourth-order valence-electron chi connectivity index (χ4n) is 5.47. The van der Waals surface area contributed by atoms with Crippen LogP contribution in [0, 0.1) is 0 Å². The number of hydrogen-bond acceptors (Lipinski definition) is 4. The van der Waals surface area contributed by atoms with Crippen LogP contribution in [0.15, 0.2) is 83.9 Å². The third-order valence-electron chi connectivity index (χ3n) is 7.35. The van der Waals surface area contributed by atoms with Gasteiger partial charge < -0.3 is 15.0 Å². The van der Waals surface area contributed by atoms with Crippen molar-refractivity contribution < 1.29 is 9.90 Å². The van der Waals surface area contributed by atoms with Crippen molar-refractivity contribution in [3.8, 4) is 0 Å². The highest BCUT2D eigenvalue weighted by molar-refractivity contribution is 5.75. The number of likely N-dealkylation sites (tertiary alicyclic amines) is 1. The Morgan fingerprint density at radius 2 is 1.72 bits per heavy atom. The van der Waals surface area contributed by atoms with E-state index in [2.05, 4.69) is 33.9 Å². The van der Waals surface area contributed by atoms with Gasteiger partial charge in [-0.25, -0.2) is 9.59 Å². The van der Waals surface area contributed by atoms with Gasteiger partial charge in [0, 0.05) is 44.1 Å². The summed E-state index contributed by atoms with van der Waals surface area (Å²) in [6.45, 7) is 3.84. The average Bonchev–Trinajstić information content (AvgIpc) is 3.24. The zero-order chi connectivity index (χ0) is 25.1. The number of nitrogens with one attached hydrogen (secondary N) is 1. The maximum Gasteiger partial charge on any atom is 0.407 e. The van der Waals surface area contributed by atoms with E-state index in [9.17, 15) is 14.7 Å². The summed E-state index contributed by atoms with van der Waals surface area (Å²) < 4.78 is 1.82. The summed E-state index contributed by atoms with van der Waals surface area (Å²) in [6, 6.07) is 21.4. The predicted molar refractivity (Wildman–Crippen MR) is 139 cm³/mol. The highest BCUT2D eigenvalue weighted by atomic mass is 16.4. The first-order valence-corrected chi connectivity index (χ1v) is 12.4. The summed E-state index contributed by atoms with van der Waals surface area (Å²) in [4.78, 5) is 36.2. The molecule has 1 aliphatic heterocycles. The van der Waals surface area contributed by atoms with E-state index >= 15 is 0 Å². The minimum absolute atomic E-state index is 0.0850. The highest BCUT2D eigenvalue weighted by Gasteiger charge is 2.38. The Hall–Kier alpha value is -3.91. The monoisotopic (exact) mass is 485 g/mol. The molecule has 4 aromatic rings. The van der Waals surface area contributed by atoms with Crippen LogP contribution in [-0.2, 0) is 13.1 Å². The fraction of sp³-hybridized carbons (Fsp3) is 0.321. The van der Waals surface area contributed by atoms with Crippen LogP contribution in [-0.4, -0.2) is 54.2 Å². The number of amides is 1. The molecule has 8 nitrogen and oxygen atoms in total. The third kappa shape index (κ3) is 4.90. The number of carbonyl (C=O) groups is 1. The molecule has 2 aromatic heterocycles. The second-order valence-corrected chi connectivity index (χ2v) is 9.53. The Morgan fingerprint density at radius 1 is 1.06 bits per heavy atom. The van der Waals surface area contributed by atoms with E-state index in [-0.39, 0.29) is 23.8 Å². The second kappa shape index (κ2) is 10.4. The molecule has 2 N–H and O–H groups in total. The standard InChI is InChI=1S/C28H31N5O3/c1-20(31(18-21-7-3-2-4-8-21)19-22-11-14-29-15-12-22)26-17-23(13-16-32(26)28(35)36)33-25-10-6-5-9-24(25)30-27(33)34/h2-12,14-15,20,23,26H,13,16-19H2,1H3,(H,30,34)(H,35,36). The molecule has 3 heterocycles. The largest absolute Gasteiger partial charge is 0.465 e. The van der Waals surface area contributed by atoms with E-state index in [4.69, 9.17) is 0 Å². The molecule has 0 radical (unpaired) electrons. The van der Waals surface area contributed by atoms with Gasteiger partial charge in [0.1, 0.15) is 0 Å². The van der Waals surface area contributed by atoms with E-state index < -0.39 is 6.09 Å². The van der Waals surface area contributed by atoms with Crippen LogP contribution < -0.4 is 5.69 Å². The van der Waals surface area contributed by atoms with Crippen molar-refractivity contribution in [3.63, 3.8) is 0 Å².